The van der Waals surface area contributed by atoms with Gasteiger partial charge in [0.05, 0.1) is 5.69 Å². The summed E-state index contributed by atoms with van der Waals surface area (Å²) in [6, 6.07) is 12.6. The third kappa shape index (κ3) is 3.01. The fraction of sp³-hybridized carbons (Fsp3) is 0.143. The van der Waals surface area contributed by atoms with Crippen LogP contribution in [-0.4, -0.2) is 0 Å². The van der Waals surface area contributed by atoms with Crippen molar-refractivity contribution in [3.05, 3.63) is 58.3 Å². The molecule has 2 aromatic rings. The van der Waals surface area contributed by atoms with Crippen molar-refractivity contribution in [1.82, 2.24) is 0 Å². The summed E-state index contributed by atoms with van der Waals surface area (Å²) in [4.78, 5) is 0. The minimum atomic E-state index is -0.336. The van der Waals surface area contributed by atoms with E-state index in [4.69, 9.17) is 5.73 Å². The standard InChI is InChI=1S/C14H14BrFN2/c1-9(10-3-2-4-11(15)7-10)18-14-6-5-12(17)8-13(14)16/h2-9,18H,17H2,1H3. The Hall–Kier alpha value is -1.55. The van der Waals surface area contributed by atoms with E-state index < -0.39 is 0 Å². The molecule has 2 aromatic carbocycles. The number of hydrogen-bond donors (Lipinski definition) is 2. The third-order valence-corrected chi connectivity index (χ3v) is 3.21. The highest BCUT2D eigenvalue weighted by Gasteiger charge is 2.08. The van der Waals surface area contributed by atoms with Gasteiger partial charge in [0.1, 0.15) is 5.82 Å². The molecule has 94 valence electrons. The molecule has 1 unspecified atom stereocenters. The second kappa shape index (κ2) is 5.40. The van der Waals surface area contributed by atoms with Gasteiger partial charge in [-0.05, 0) is 42.8 Å². The van der Waals surface area contributed by atoms with Crippen molar-refractivity contribution in [1.29, 1.82) is 0 Å². The summed E-state index contributed by atoms with van der Waals surface area (Å²) in [6.07, 6.45) is 0. The van der Waals surface area contributed by atoms with Crippen LogP contribution in [0.15, 0.2) is 46.9 Å². The molecule has 0 fully saturated rings. The van der Waals surface area contributed by atoms with Gasteiger partial charge in [-0.3, -0.25) is 0 Å². The van der Waals surface area contributed by atoms with Crippen LogP contribution in [-0.2, 0) is 0 Å². The molecule has 0 saturated heterocycles. The van der Waals surface area contributed by atoms with Crippen molar-refractivity contribution < 1.29 is 4.39 Å². The Labute approximate surface area is 114 Å². The Morgan fingerprint density at radius 3 is 2.67 bits per heavy atom. The molecule has 18 heavy (non-hydrogen) atoms. The lowest BCUT2D eigenvalue weighted by atomic mass is 10.1. The zero-order chi connectivity index (χ0) is 13.1. The fourth-order valence-corrected chi connectivity index (χ4v) is 2.16. The summed E-state index contributed by atoms with van der Waals surface area (Å²) in [6.45, 7) is 1.98. The molecular formula is C14H14BrFN2. The first kappa shape index (κ1) is 12.9. The van der Waals surface area contributed by atoms with Gasteiger partial charge in [-0.15, -0.1) is 0 Å². The lowest BCUT2D eigenvalue weighted by Crippen LogP contribution is -2.08. The Bertz CT molecular complexity index is 557. The largest absolute Gasteiger partial charge is 0.399 e. The van der Waals surface area contributed by atoms with Crippen LogP contribution in [0, 0.1) is 5.82 Å². The second-order valence-electron chi connectivity index (χ2n) is 4.16. The maximum atomic E-state index is 13.7. The molecule has 2 rings (SSSR count). The van der Waals surface area contributed by atoms with Crippen LogP contribution in [0.1, 0.15) is 18.5 Å². The molecule has 0 saturated carbocycles. The number of nitrogens with two attached hydrogens (primary N) is 1. The molecule has 2 nitrogen and oxygen atoms in total. The first-order valence-corrected chi connectivity index (χ1v) is 6.42. The molecular weight excluding hydrogens is 295 g/mol. The van der Waals surface area contributed by atoms with Crippen molar-refractivity contribution in [2.45, 2.75) is 13.0 Å². The van der Waals surface area contributed by atoms with Gasteiger partial charge >= 0.3 is 0 Å². The summed E-state index contributed by atoms with van der Waals surface area (Å²) in [5.41, 5.74) is 7.48. The van der Waals surface area contributed by atoms with E-state index in [9.17, 15) is 4.39 Å². The second-order valence-corrected chi connectivity index (χ2v) is 5.08. The monoisotopic (exact) mass is 308 g/mol. The lowest BCUT2D eigenvalue weighted by molar-refractivity contribution is 0.628. The Kier molecular flexibility index (Phi) is 3.87. The van der Waals surface area contributed by atoms with Gasteiger partial charge in [-0.25, -0.2) is 4.39 Å². The highest BCUT2D eigenvalue weighted by atomic mass is 79.9. The third-order valence-electron chi connectivity index (χ3n) is 2.71. The van der Waals surface area contributed by atoms with Gasteiger partial charge in [0.25, 0.3) is 0 Å². The van der Waals surface area contributed by atoms with Crippen LogP contribution >= 0.6 is 15.9 Å². The van der Waals surface area contributed by atoms with Gasteiger partial charge in [0.15, 0.2) is 0 Å². The number of nitrogen functional groups attached to an aromatic ring is 1. The van der Waals surface area contributed by atoms with Crippen molar-refractivity contribution in [3.8, 4) is 0 Å². The number of rotatable bonds is 3. The Morgan fingerprint density at radius 2 is 2.00 bits per heavy atom. The summed E-state index contributed by atoms with van der Waals surface area (Å²) in [5.74, 6) is -0.336. The normalized spacial score (nSPS) is 12.2. The smallest absolute Gasteiger partial charge is 0.148 e. The summed E-state index contributed by atoms with van der Waals surface area (Å²) >= 11 is 3.42. The van der Waals surface area contributed by atoms with Crippen LogP contribution < -0.4 is 11.1 Å². The van der Waals surface area contributed by atoms with Crippen LogP contribution in [0.3, 0.4) is 0 Å². The highest BCUT2D eigenvalue weighted by Crippen LogP contribution is 2.24. The van der Waals surface area contributed by atoms with E-state index in [0.29, 0.717) is 11.4 Å². The molecule has 0 heterocycles. The molecule has 3 N–H and O–H groups in total. The quantitative estimate of drug-likeness (QED) is 0.828. The van der Waals surface area contributed by atoms with Crippen molar-refractivity contribution in [2.75, 3.05) is 11.1 Å². The van der Waals surface area contributed by atoms with E-state index in [1.807, 2.05) is 31.2 Å². The van der Waals surface area contributed by atoms with Gasteiger partial charge in [0, 0.05) is 16.2 Å². The molecule has 0 amide bonds. The Balaban J connectivity index is 2.18. The van der Waals surface area contributed by atoms with E-state index in [1.54, 1.807) is 12.1 Å². The SMILES string of the molecule is CC(Nc1ccc(N)cc1F)c1cccc(Br)c1. The average Bonchev–Trinajstić information content (AvgIpc) is 2.32. The van der Waals surface area contributed by atoms with Crippen molar-refractivity contribution >= 4 is 27.3 Å². The zero-order valence-corrected chi connectivity index (χ0v) is 11.5. The van der Waals surface area contributed by atoms with Crippen LogP contribution in [0.5, 0.6) is 0 Å². The molecule has 4 heteroatoms. The van der Waals surface area contributed by atoms with Gasteiger partial charge in [0.2, 0.25) is 0 Å². The van der Waals surface area contributed by atoms with Gasteiger partial charge < -0.3 is 11.1 Å². The molecule has 0 aliphatic rings. The van der Waals surface area contributed by atoms with E-state index in [-0.39, 0.29) is 11.9 Å². The number of hydrogen-bond acceptors (Lipinski definition) is 2. The number of nitrogens with one attached hydrogen (secondary N) is 1. The maximum absolute atomic E-state index is 13.7. The lowest BCUT2D eigenvalue weighted by Gasteiger charge is -2.16. The van der Waals surface area contributed by atoms with Crippen LogP contribution in [0.25, 0.3) is 0 Å². The fourth-order valence-electron chi connectivity index (χ4n) is 1.74. The van der Waals surface area contributed by atoms with Gasteiger partial charge in [-0.2, -0.15) is 0 Å². The topological polar surface area (TPSA) is 38.0 Å². The number of benzene rings is 2. The first-order chi connectivity index (χ1) is 8.56. The molecule has 0 radical (unpaired) electrons. The number of anilines is 2. The van der Waals surface area contributed by atoms with E-state index in [1.165, 1.54) is 6.07 Å². The first-order valence-electron chi connectivity index (χ1n) is 5.63. The van der Waals surface area contributed by atoms with Crippen molar-refractivity contribution in [2.24, 2.45) is 0 Å². The predicted octanol–water partition coefficient (Wildman–Crippen LogP) is 4.34. The van der Waals surface area contributed by atoms with Crippen molar-refractivity contribution in [3.63, 3.8) is 0 Å². The minimum Gasteiger partial charge on any atom is -0.399 e. The molecule has 0 spiro atoms. The average molecular weight is 309 g/mol. The molecule has 0 aliphatic carbocycles. The van der Waals surface area contributed by atoms with Gasteiger partial charge in [-0.1, -0.05) is 28.1 Å². The summed E-state index contributed by atoms with van der Waals surface area (Å²) in [7, 11) is 0. The highest BCUT2D eigenvalue weighted by molar-refractivity contribution is 9.10. The minimum absolute atomic E-state index is 0.0145. The maximum Gasteiger partial charge on any atom is 0.148 e. The summed E-state index contributed by atoms with van der Waals surface area (Å²) in [5, 5.41) is 3.13. The predicted molar refractivity (Wildman–Crippen MR) is 77.0 cm³/mol. The summed E-state index contributed by atoms with van der Waals surface area (Å²) < 4.78 is 14.7. The number of halogens is 2. The molecule has 0 aliphatic heterocycles. The van der Waals surface area contributed by atoms with Crippen LogP contribution in [0.4, 0.5) is 15.8 Å². The molecule has 0 aromatic heterocycles. The molecule has 1 atom stereocenters. The Morgan fingerprint density at radius 1 is 1.22 bits per heavy atom. The van der Waals surface area contributed by atoms with E-state index in [2.05, 4.69) is 21.2 Å². The van der Waals surface area contributed by atoms with Crippen LogP contribution in [0.2, 0.25) is 0 Å². The molecule has 0 bridgehead atoms. The van der Waals surface area contributed by atoms with E-state index in [0.717, 1.165) is 10.0 Å². The zero-order valence-electron chi connectivity index (χ0n) is 9.95. The van der Waals surface area contributed by atoms with E-state index >= 15 is 0 Å².